The van der Waals surface area contributed by atoms with Crippen molar-refractivity contribution in [2.24, 2.45) is 5.41 Å². The van der Waals surface area contributed by atoms with E-state index < -0.39 is 11.6 Å². The van der Waals surface area contributed by atoms with Gasteiger partial charge < -0.3 is 10.4 Å². The zero-order valence-corrected chi connectivity index (χ0v) is 12.0. The van der Waals surface area contributed by atoms with Gasteiger partial charge in [-0.2, -0.15) is 0 Å². The van der Waals surface area contributed by atoms with Crippen molar-refractivity contribution in [3.63, 3.8) is 0 Å². The number of nitrogens with one attached hydrogen (secondary N) is 1. The van der Waals surface area contributed by atoms with Crippen LogP contribution in [0.3, 0.4) is 0 Å². The van der Waals surface area contributed by atoms with E-state index in [9.17, 15) is 13.6 Å². The Kier molecular flexibility index (Phi) is 5.62. The van der Waals surface area contributed by atoms with Gasteiger partial charge in [-0.15, -0.1) is 0 Å². The number of halogens is 2. The van der Waals surface area contributed by atoms with Crippen LogP contribution in [-0.4, -0.2) is 23.7 Å². The van der Waals surface area contributed by atoms with Gasteiger partial charge in [0.2, 0.25) is 5.91 Å². The lowest BCUT2D eigenvalue weighted by Gasteiger charge is -2.31. The van der Waals surface area contributed by atoms with E-state index in [1.807, 2.05) is 20.8 Å². The Hall–Kier alpha value is -1.49. The second-order valence-electron chi connectivity index (χ2n) is 5.92. The monoisotopic (exact) mass is 285 g/mol. The standard InChI is InChI=1S/C15H21F2NO2/c1-15(2,3)13(6-7-19)18-14(20)9-10-4-5-11(16)12(17)8-10/h4-5,8,13,19H,6-7,9H2,1-3H3,(H,18,20). The highest BCUT2D eigenvalue weighted by Crippen LogP contribution is 2.21. The molecule has 1 amide bonds. The highest BCUT2D eigenvalue weighted by Gasteiger charge is 2.25. The number of aliphatic hydroxyl groups excluding tert-OH is 1. The molecular weight excluding hydrogens is 264 g/mol. The molecule has 0 fully saturated rings. The summed E-state index contributed by atoms with van der Waals surface area (Å²) < 4.78 is 25.9. The summed E-state index contributed by atoms with van der Waals surface area (Å²) in [6, 6.07) is 3.24. The normalized spacial score (nSPS) is 13.1. The highest BCUT2D eigenvalue weighted by atomic mass is 19.2. The maximum absolute atomic E-state index is 13.1. The van der Waals surface area contributed by atoms with Crippen LogP contribution < -0.4 is 5.32 Å². The van der Waals surface area contributed by atoms with Crippen LogP contribution >= 0.6 is 0 Å². The first-order chi connectivity index (χ1) is 9.24. The number of hydrogen-bond acceptors (Lipinski definition) is 2. The van der Waals surface area contributed by atoms with Gasteiger partial charge in [0, 0.05) is 12.6 Å². The number of aliphatic hydroxyl groups is 1. The predicted octanol–water partition coefficient (Wildman–Crippen LogP) is 2.42. The molecule has 0 aliphatic rings. The third-order valence-corrected chi connectivity index (χ3v) is 3.15. The van der Waals surface area contributed by atoms with Gasteiger partial charge in [0.1, 0.15) is 0 Å². The molecule has 112 valence electrons. The minimum atomic E-state index is -0.960. The molecule has 1 atom stereocenters. The van der Waals surface area contributed by atoms with E-state index in [1.165, 1.54) is 6.07 Å². The minimum absolute atomic E-state index is 0.0186. The molecule has 1 rings (SSSR count). The molecule has 3 nitrogen and oxygen atoms in total. The van der Waals surface area contributed by atoms with E-state index in [0.29, 0.717) is 12.0 Å². The Morgan fingerprint density at radius 3 is 2.45 bits per heavy atom. The molecule has 1 aromatic carbocycles. The van der Waals surface area contributed by atoms with Gasteiger partial charge in [0.25, 0.3) is 0 Å². The SMILES string of the molecule is CC(C)(C)C(CCO)NC(=O)Cc1ccc(F)c(F)c1. The summed E-state index contributed by atoms with van der Waals surface area (Å²) in [6.45, 7) is 5.87. The molecule has 0 aliphatic carbocycles. The number of carbonyl (C=O) groups excluding carboxylic acids is 1. The second-order valence-corrected chi connectivity index (χ2v) is 5.92. The molecule has 0 bridgehead atoms. The lowest BCUT2D eigenvalue weighted by Crippen LogP contribution is -2.44. The van der Waals surface area contributed by atoms with Crippen molar-refractivity contribution >= 4 is 5.91 Å². The average Bonchev–Trinajstić information content (AvgIpc) is 2.32. The summed E-state index contributed by atoms with van der Waals surface area (Å²) in [6.07, 6.45) is 0.433. The Balaban J connectivity index is 2.68. The number of hydrogen-bond donors (Lipinski definition) is 2. The summed E-state index contributed by atoms with van der Waals surface area (Å²) in [5.74, 6) is -2.16. The van der Waals surface area contributed by atoms with E-state index in [4.69, 9.17) is 5.11 Å². The fourth-order valence-corrected chi connectivity index (χ4v) is 1.93. The van der Waals surface area contributed by atoms with E-state index >= 15 is 0 Å². The number of rotatable bonds is 5. The molecule has 0 aliphatic heterocycles. The van der Waals surface area contributed by atoms with Crippen LogP contribution in [0, 0.1) is 17.0 Å². The summed E-state index contributed by atoms with van der Waals surface area (Å²) >= 11 is 0. The van der Waals surface area contributed by atoms with Crippen LogP contribution in [-0.2, 0) is 11.2 Å². The van der Waals surface area contributed by atoms with Gasteiger partial charge in [-0.25, -0.2) is 8.78 Å². The van der Waals surface area contributed by atoms with Gasteiger partial charge in [-0.3, -0.25) is 4.79 Å². The number of carbonyl (C=O) groups is 1. The highest BCUT2D eigenvalue weighted by molar-refractivity contribution is 5.78. The Labute approximate surface area is 118 Å². The Morgan fingerprint density at radius 1 is 1.30 bits per heavy atom. The third kappa shape index (κ3) is 4.89. The maximum atomic E-state index is 13.1. The molecule has 0 heterocycles. The van der Waals surface area contributed by atoms with Crippen LogP contribution in [0.1, 0.15) is 32.8 Å². The quantitative estimate of drug-likeness (QED) is 0.873. The first-order valence-electron chi connectivity index (χ1n) is 6.58. The predicted molar refractivity (Wildman–Crippen MR) is 73.2 cm³/mol. The van der Waals surface area contributed by atoms with Gasteiger partial charge >= 0.3 is 0 Å². The van der Waals surface area contributed by atoms with Crippen LogP contribution in [0.25, 0.3) is 0 Å². The molecule has 5 heteroatoms. The smallest absolute Gasteiger partial charge is 0.224 e. The van der Waals surface area contributed by atoms with E-state index in [2.05, 4.69) is 5.32 Å². The molecule has 1 aromatic rings. The van der Waals surface area contributed by atoms with Crippen molar-refractivity contribution in [2.45, 2.75) is 39.7 Å². The fourth-order valence-electron chi connectivity index (χ4n) is 1.93. The summed E-state index contributed by atoms with van der Waals surface area (Å²) in [4.78, 5) is 11.9. The number of amides is 1. The molecule has 0 spiro atoms. The third-order valence-electron chi connectivity index (χ3n) is 3.15. The summed E-state index contributed by atoms with van der Waals surface area (Å²) in [5, 5.41) is 11.9. The lowest BCUT2D eigenvalue weighted by atomic mass is 9.85. The molecular formula is C15H21F2NO2. The van der Waals surface area contributed by atoms with Crippen LogP contribution in [0.5, 0.6) is 0 Å². The molecule has 1 unspecified atom stereocenters. The summed E-state index contributed by atoms with van der Waals surface area (Å²) in [5.41, 5.74) is 0.227. The molecule has 2 N–H and O–H groups in total. The maximum Gasteiger partial charge on any atom is 0.224 e. The molecule has 0 aromatic heterocycles. The average molecular weight is 285 g/mol. The van der Waals surface area contributed by atoms with Gasteiger partial charge in [0.05, 0.1) is 6.42 Å². The van der Waals surface area contributed by atoms with Crippen molar-refractivity contribution in [2.75, 3.05) is 6.61 Å². The molecule has 20 heavy (non-hydrogen) atoms. The summed E-state index contributed by atoms with van der Waals surface area (Å²) in [7, 11) is 0. The van der Waals surface area contributed by atoms with Crippen LogP contribution in [0.4, 0.5) is 8.78 Å². The van der Waals surface area contributed by atoms with E-state index in [0.717, 1.165) is 12.1 Å². The zero-order valence-electron chi connectivity index (χ0n) is 12.0. The van der Waals surface area contributed by atoms with Crippen molar-refractivity contribution in [1.29, 1.82) is 0 Å². The second kappa shape index (κ2) is 6.79. The van der Waals surface area contributed by atoms with Gasteiger partial charge in [-0.1, -0.05) is 26.8 Å². The Bertz CT molecular complexity index is 469. The first kappa shape index (κ1) is 16.6. The van der Waals surface area contributed by atoms with E-state index in [-0.39, 0.29) is 30.4 Å². The van der Waals surface area contributed by atoms with Crippen molar-refractivity contribution in [1.82, 2.24) is 5.32 Å². The van der Waals surface area contributed by atoms with Gasteiger partial charge in [-0.05, 0) is 29.5 Å². The van der Waals surface area contributed by atoms with Crippen molar-refractivity contribution in [3.05, 3.63) is 35.4 Å². The topological polar surface area (TPSA) is 49.3 Å². The number of benzene rings is 1. The van der Waals surface area contributed by atoms with Gasteiger partial charge in [0.15, 0.2) is 11.6 Å². The largest absolute Gasteiger partial charge is 0.396 e. The zero-order chi connectivity index (χ0) is 15.3. The van der Waals surface area contributed by atoms with Crippen LogP contribution in [0.15, 0.2) is 18.2 Å². The minimum Gasteiger partial charge on any atom is -0.396 e. The van der Waals surface area contributed by atoms with Crippen molar-refractivity contribution in [3.8, 4) is 0 Å². The lowest BCUT2D eigenvalue weighted by molar-refractivity contribution is -0.122. The first-order valence-corrected chi connectivity index (χ1v) is 6.58. The van der Waals surface area contributed by atoms with Crippen LogP contribution in [0.2, 0.25) is 0 Å². The van der Waals surface area contributed by atoms with E-state index in [1.54, 1.807) is 0 Å². The fraction of sp³-hybridized carbons (Fsp3) is 0.533. The molecule has 0 saturated carbocycles. The molecule has 0 saturated heterocycles. The molecule has 0 radical (unpaired) electrons. The van der Waals surface area contributed by atoms with Crippen molar-refractivity contribution < 1.29 is 18.7 Å². The Morgan fingerprint density at radius 2 is 1.95 bits per heavy atom.